The van der Waals surface area contributed by atoms with E-state index in [-0.39, 0.29) is 27.6 Å². The molecule has 1 aromatic heterocycles. The molecule has 0 aliphatic rings. The number of aromatic nitrogens is 1. The van der Waals surface area contributed by atoms with E-state index in [1.807, 2.05) is 6.92 Å². The van der Waals surface area contributed by atoms with E-state index in [1.54, 1.807) is 60.7 Å². The number of nitrogens with one attached hydrogen (secondary N) is 1. The summed E-state index contributed by atoms with van der Waals surface area (Å²) in [5.74, 6) is 0.212. The number of hydrogen-bond acceptors (Lipinski definition) is 5. The molecule has 8 heteroatoms. The van der Waals surface area contributed by atoms with Gasteiger partial charge in [-0.2, -0.15) is 0 Å². The fraction of sp³-hybridized carbons (Fsp3) is 0.120. The van der Waals surface area contributed by atoms with Crippen molar-refractivity contribution in [3.05, 3.63) is 94.8 Å². The fourth-order valence-corrected chi connectivity index (χ4v) is 4.91. The van der Waals surface area contributed by atoms with Gasteiger partial charge in [-0.15, -0.1) is 0 Å². The van der Waals surface area contributed by atoms with Crippen LogP contribution in [-0.4, -0.2) is 26.0 Å². The first-order chi connectivity index (χ1) is 15.8. The predicted octanol–water partition coefficient (Wildman–Crippen LogP) is 3.79. The van der Waals surface area contributed by atoms with Crippen LogP contribution in [0.2, 0.25) is 0 Å². The maximum Gasteiger partial charge on any atom is 0.244 e. The second kappa shape index (κ2) is 8.91. The number of benzene rings is 3. The van der Waals surface area contributed by atoms with Gasteiger partial charge in [-0.25, -0.2) is 8.42 Å². The summed E-state index contributed by atoms with van der Waals surface area (Å²) in [6, 6.07) is 19.8. The van der Waals surface area contributed by atoms with Gasteiger partial charge < -0.3 is 14.6 Å². The molecule has 1 N–H and O–H groups in total. The molecule has 0 saturated heterocycles. The number of hydrogen-bond donors (Lipinski definition) is 1. The Balaban J connectivity index is 1.77. The molecule has 0 fully saturated rings. The molecule has 0 saturated carbocycles. The van der Waals surface area contributed by atoms with Crippen molar-refractivity contribution < 1.29 is 17.9 Å². The number of ether oxygens (including phenoxy) is 1. The number of pyridine rings is 1. The standard InChI is InChI=1S/C25H22N2O5S/c1-17-10-12-20(13-11-17)33(30,31)23-15-27(22-9-4-3-8-21(22)25(23)29)16-24(28)26-18-6-5-7-19(14-18)32-2/h3-15H,16H2,1-2H3,(H,26,28). The molecule has 168 valence electrons. The Hall–Kier alpha value is -3.91. The minimum absolute atomic E-state index is 0.0212. The van der Waals surface area contributed by atoms with Crippen LogP contribution in [0.5, 0.6) is 5.75 Å². The Morgan fingerprint density at radius 2 is 1.73 bits per heavy atom. The molecule has 4 aromatic rings. The van der Waals surface area contributed by atoms with Gasteiger partial charge in [0.25, 0.3) is 0 Å². The van der Waals surface area contributed by atoms with Crippen LogP contribution >= 0.6 is 0 Å². The fourth-order valence-electron chi connectivity index (χ4n) is 3.54. The lowest BCUT2D eigenvalue weighted by atomic mass is 10.2. The minimum atomic E-state index is -4.09. The lowest BCUT2D eigenvalue weighted by Crippen LogP contribution is -2.23. The summed E-state index contributed by atoms with van der Waals surface area (Å²) in [5, 5.41) is 3.00. The van der Waals surface area contributed by atoms with Crippen molar-refractivity contribution in [2.24, 2.45) is 0 Å². The number of methoxy groups -OCH3 is 1. The summed E-state index contributed by atoms with van der Waals surface area (Å²) in [6.45, 7) is 1.66. The number of sulfone groups is 1. The Kier molecular flexibility index (Phi) is 6.02. The topological polar surface area (TPSA) is 94.5 Å². The molecule has 0 spiro atoms. The highest BCUT2D eigenvalue weighted by molar-refractivity contribution is 7.91. The van der Waals surface area contributed by atoms with Crippen LogP contribution in [0.3, 0.4) is 0 Å². The summed E-state index contributed by atoms with van der Waals surface area (Å²) in [6.07, 6.45) is 1.24. The van der Waals surface area contributed by atoms with E-state index >= 15 is 0 Å². The van der Waals surface area contributed by atoms with E-state index < -0.39 is 15.3 Å². The SMILES string of the molecule is COc1cccc(NC(=O)Cn2cc(S(=O)(=O)c3ccc(C)cc3)c(=O)c3ccccc32)c1. The van der Waals surface area contributed by atoms with E-state index in [1.165, 1.54) is 30.0 Å². The number of nitrogens with zero attached hydrogens (tertiary/aromatic N) is 1. The maximum absolute atomic E-state index is 13.3. The molecule has 0 atom stereocenters. The molecule has 0 unspecified atom stereocenters. The third-order valence-electron chi connectivity index (χ3n) is 5.24. The maximum atomic E-state index is 13.3. The lowest BCUT2D eigenvalue weighted by molar-refractivity contribution is -0.116. The number of anilines is 1. The van der Waals surface area contributed by atoms with Crippen molar-refractivity contribution >= 4 is 32.3 Å². The summed E-state index contributed by atoms with van der Waals surface area (Å²) in [4.78, 5) is 25.5. The summed E-state index contributed by atoms with van der Waals surface area (Å²) in [7, 11) is -2.55. The average molecular weight is 463 g/mol. The van der Waals surface area contributed by atoms with Crippen molar-refractivity contribution in [3.63, 3.8) is 0 Å². The van der Waals surface area contributed by atoms with Gasteiger partial charge in [-0.1, -0.05) is 35.9 Å². The van der Waals surface area contributed by atoms with Gasteiger partial charge in [0.2, 0.25) is 21.2 Å². The first-order valence-electron chi connectivity index (χ1n) is 10.2. The Morgan fingerprint density at radius 3 is 2.45 bits per heavy atom. The molecular formula is C25H22N2O5S. The van der Waals surface area contributed by atoms with E-state index in [9.17, 15) is 18.0 Å². The van der Waals surface area contributed by atoms with Crippen molar-refractivity contribution in [2.75, 3.05) is 12.4 Å². The molecule has 3 aromatic carbocycles. The first-order valence-corrected chi connectivity index (χ1v) is 11.7. The van der Waals surface area contributed by atoms with Gasteiger partial charge in [-0.3, -0.25) is 9.59 Å². The number of fused-ring (bicyclic) bond motifs is 1. The molecule has 0 radical (unpaired) electrons. The third-order valence-corrected chi connectivity index (χ3v) is 7.01. The van der Waals surface area contributed by atoms with Crippen molar-refractivity contribution in [1.29, 1.82) is 0 Å². The van der Waals surface area contributed by atoms with Crippen LogP contribution in [0, 0.1) is 6.92 Å². The van der Waals surface area contributed by atoms with Gasteiger partial charge in [-0.05, 0) is 43.3 Å². The number of carbonyl (C=O) groups excluding carboxylic acids is 1. The van der Waals surface area contributed by atoms with E-state index in [0.29, 0.717) is 17.0 Å². The molecule has 0 aliphatic carbocycles. The number of rotatable bonds is 6. The molecule has 1 heterocycles. The van der Waals surface area contributed by atoms with Crippen LogP contribution in [-0.2, 0) is 21.2 Å². The molecular weight excluding hydrogens is 440 g/mol. The highest BCUT2D eigenvalue weighted by Gasteiger charge is 2.24. The second-order valence-corrected chi connectivity index (χ2v) is 9.48. The molecule has 0 aliphatic heterocycles. The number of aryl methyl sites for hydroxylation is 1. The number of carbonyl (C=O) groups is 1. The molecule has 33 heavy (non-hydrogen) atoms. The van der Waals surface area contributed by atoms with Crippen molar-refractivity contribution in [2.45, 2.75) is 23.3 Å². The molecule has 0 bridgehead atoms. The van der Waals surface area contributed by atoms with Crippen LogP contribution in [0.15, 0.2) is 93.6 Å². The van der Waals surface area contributed by atoms with E-state index in [2.05, 4.69) is 5.32 Å². The number of para-hydroxylation sites is 1. The van der Waals surface area contributed by atoms with Gasteiger partial charge in [0, 0.05) is 23.3 Å². The van der Waals surface area contributed by atoms with Gasteiger partial charge in [0.15, 0.2) is 0 Å². The summed E-state index contributed by atoms with van der Waals surface area (Å²) < 4.78 is 33.2. The Labute approximate surface area is 191 Å². The largest absolute Gasteiger partial charge is 0.497 e. The van der Waals surface area contributed by atoms with Crippen LogP contribution in [0.1, 0.15) is 5.56 Å². The van der Waals surface area contributed by atoms with Crippen molar-refractivity contribution in [3.8, 4) is 5.75 Å². The third kappa shape index (κ3) is 4.51. The van der Waals surface area contributed by atoms with E-state index in [0.717, 1.165) is 5.56 Å². The van der Waals surface area contributed by atoms with Gasteiger partial charge in [0.1, 0.15) is 17.2 Å². The zero-order valence-electron chi connectivity index (χ0n) is 18.1. The van der Waals surface area contributed by atoms with Gasteiger partial charge >= 0.3 is 0 Å². The molecule has 1 amide bonds. The highest BCUT2D eigenvalue weighted by atomic mass is 32.2. The van der Waals surface area contributed by atoms with Crippen molar-refractivity contribution in [1.82, 2.24) is 4.57 Å². The molecule has 4 rings (SSSR count). The van der Waals surface area contributed by atoms with E-state index in [4.69, 9.17) is 4.74 Å². The quantitative estimate of drug-likeness (QED) is 0.471. The molecule has 7 nitrogen and oxygen atoms in total. The lowest BCUT2D eigenvalue weighted by Gasteiger charge is -2.14. The Morgan fingerprint density at radius 1 is 1.00 bits per heavy atom. The smallest absolute Gasteiger partial charge is 0.244 e. The van der Waals surface area contributed by atoms with Crippen LogP contribution < -0.4 is 15.5 Å². The summed E-state index contributed by atoms with van der Waals surface area (Å²) >= 11 is 0. The highest BCUT2D eigenvalue weighted by Crippen LogP contribution is 2.22. The average Bonchev–Trinajstić information content (AvgIpc) is 2.81. The normalized spacial score (nSPS) is 11.3. The minimum Gasteiger partial charge on any atom is -0.497 e. The zero-order valence-corrected chi connectivity index (χ0v) is 18.9. The monoisotopic (exact) mass is 462 g/mol. The van der Waals surface area contributed by atoms with Gasteiger partial charge in [0.05, 0.1) is 17.5 Å². The first kappa shape index (κ1) is 22.3. The number of amides is 1. The van der Waals surface area contributed by atoms with Crippen LogP contribution in [0.25, 0.3) is 10.9 Å². The Bertz CT molecular complexity index is 1510. The zero-order chi connectivity index (χ0) is 23.6. The van der Waals surface area contributed by atoms with Crippen LogP contribution in [0.4, 0.5) is 5.69 Å². The predicted molar refractivity (Wildman–Crippen MR) is 126 cm³/mol. The second-order valence-electron chi connectivity index (χ2n) is 7.56. The summed E-state index contributed by atoms with van der Waals surface area (Å²) in [5.41, 5.74) is 1.30.